The maximum Gasteiger partial charge on any atom is 0.210 e. The SMILES string of the molecule is CN(CCNC1CCN(Cc2ccccc2)CC1)S(C)(=O)=O. The molecule has 0 unspecified atom stereocenters. The predicted molar refractivity (Wildman–Crippen MR) is 90.2 cm³/mol. The molecule has 2 rings (SSSR count). The number of hydrogen-bond acceptors (Lipinski definition) is 4. The zero-order valence-corrected chi connectivity index (χ0v) is 14.3. The van der Waals surface area contributed by atoms with E-state index >= 15 is 0 Å². The Bertz CT molecular complexity index is 540. The molecule has 1 fully saturated rings. The first-order valence-electron chi connectivity index (χ1n) is 7.86. The van der Waals surface area contributed by atoms with Gasteiger partial charge in [-0.25, -0.2) is 12.7 Å². The largest absolute Gasteiger partial charge is 0.313 e. The van der Waals surface area contributed by atoms with Gasteiger partial charge < -0.3 is 5.32 Å². The fraction of sp³-hybridized carbons (Fsp3) is 0.625. The molecule has 1 aromatic carbocycles. The van der Waals surface area contributed by atoms with Crippen LogP contribution in [0.3, 0.4) is 0 Å². The predicted octanol–water partition coefficient (Wildman–Crippen LogP) is 1.13. The molecule has 1 aromatic rings. The molecular weight excluding hydrogens is 298 g/mol. The van der Waals surface area contributed by atoms with Crippen molar-refractivity contribution in [2.45, 2.75) is 25.4 Å². The van der Waals surface area contributed by atoms with E-state index in [1.807, 2.05) is 6.07 Å². The van der Waals surface area contributed by atoms with Gasteiger partial charge in [-0.05, 0) is 31.5 Å². The summed E-state index contributed by atoms with van der Waals surface area (Å²) in [4.78, 5) is 2.48. The van der Waals surface area contributed by atoms with Gasteiger partial charge in [0.2, 0.25) is 10.0 Å². The maximum absolute atomic E-state index is 11.3. The van der Waals surface area contributed by atoms with Crippen LogP contribution in [0.4, 0.5) is 0 Å². The molecular formula is C16H27N3O2S. The monoisotopic (exact) mass is 325 g/mol. The molecule has 0 aromatic heterocycles. The standard InChI is InChI=1S/C16H27N3O2S/c1-18(22(2,20)21)13-10-17-16-8-11-19(12-9-16)14-15-6-4-3-5-7-15/h3-7,16-17H,8-14H2,1-2H3. The van der Waals surface area contributed by atoms with Gasteiger partial charge in [-0.1, -0.05) is 30.3 Å². The lowest BCUT2D eigenvalue weighted by Crippen LogP contribution is -2.44. The summed E-state index contributed by atoms with van der Waals surface area (Å²) in [6, 6.07) is 11.1. The number of sulfonamides is 1. The van der Waals surface area contributed by atoms with Gasteiger partial charge in [0.15, 0.2) is 0 Å². The van der Waals surface area contributed by atoms with Crippen molar-refractivity contribution in [1.82, 2.24) is 14.5 Å². The summed E-state index contributed by atoms with van der Waals surface area (Å²) in [5, 5.41) is 3.48. The van der Waals surface area contributed by atoms with Crippen LogP contribution in [0.25, 0.3) is 0 Å². The number of hydrogen-bond donors (Lipinski definition) is 1. The number of piperidine rings is 1. The highest BCUT2D eigenvalue weighted by Crippen LogP contribution is 2.13. The van der Waals surface area contributed by atoms with Crippen LogP contribution in [0.15, 0.2) is 30.3 Å². The molecule has 5 nitrogen and oxygen atoms in total. The fourth-order valence-electron chi connectivity index (χ4n) is 2.73. The zero-order chi connectivity index (χ0) is 16.0. The van der Waals surface area contributed by atoms with Crippen molar-refractivity contribution in [2.75, 3.05) is 39.5 Å². The van der Waals surface area contributed by atoms with Gasteiger partial charge in [0.1, 0.15) is 0 Å². The first-order chi connectivity index (χ1) is 10.4. The van der Waals surface area contributed by atoms with Crippen molar-refractivity contribution in [3.05, 3.63) is 35.9 Å². The van der Waals surface area contributed by atoms with Gasteiger partial charge in [0.25, 0.3) is 0 Å². The topological polar surface area (TPSA) is 52.6 Å². The van der Waals surface area contributed by atoms with Crippen LogP contribution >= 0.6 is 0 Å². The molecule has 0 radical (unpaired) electrons. The Balaban J connectivity index is 1.65. The second kappa shape index (κ2) is 8.06. The maximum atomic E-state index is 11.3. The van der Waals surface area contributed by atoms with E-state index in [0.29, 0.717) is 19.1 Å². The van der Waals surface area contributed by atoms with Crippen molar-refractivity contribution >= 4 is 10.0 Å². The summed E-state index contributed by atoms with van der Waals surface area (Å²) in [6.45, 7) is 4.45. The first-order valence-corrected chi connectivity index (χ1v) is 9.71. The summed E-state index contributed by atoms with van der Waals surface area (Å²) in [6.07, 6.45) is 3.49. The van der Waals surface area contributed by atoms with E-state index < -0.39 is 10.0 Å². The molecule has 0 spiro atoms. The van der Waals surface area contributed by atoms with E-state index in [1.165, 1.54) is 16.1 Å². The number of likely N-dealkylation sites (N-methyl/N-ethyl adjacent to an activating group) is 1. The molecule has 1 N–H and O–H groups in total. The van der Waals surface area contributed by atoms with Gasteiger partial charge in [-0.3, -0.25) is 4.90 Å². The summed E-state index contributed by atoms with van der Waals surface area (Å²) in [5.41, 5.74) is 1.36. The van der Waals surface area contributed by atoms with Crippen LogP contribution in [0, 0.1) is 0 Å². The normalized spacial score (nSPS) is 18.0. The molecule has 0 saturated carbocycles. The van der Waals surface area contributed by atoms with Gasteiger partial charge in [0.05, 0.1) is 6.26 Å². The lowest BCUT2D eigenvalue weighted by atomic mass is 10.0. The number of nitrogens with zero attached hydrogens (tertiary/aromatic N) is 2. The van der Waals surface area contributed by atoms with Crippen LogP contribution in [-0.4, -0.2) is 63.1 Å². The second-order valence-corrected chi connectivity index (χ2v) is 8.16. The van der Waals surface area contributed by atoms with E-state index in [-0.39, 0.29) is 0 Å². The van der Waals surface area contributed by atoms with E-state index in [2.05, 4.69) is 34.5 Å². The second-order valence-electron chi connectivity index (χ2n) is 6.07. The van der Waals surface area contributed by atoms with Crippen LogP contribution in [0.2, 0.25) is 0 Å². The highest BCUT2D eigenvalue weighted by Gasteiger charge is 2.19. The Labute approximate surface area is 134 Å². The Morgan fingerprint density at radius 1 is 1.23 bits per heavy atom. The van der Waals surface area contributed by atoms with Gasteiger partial charge in [-0.2, -0.15) is 0 Å². The molecule has 1 heterocycles. The van der Waals surface area contributed by atoms with Crippen molar-refractivity contribution in [3.8, 4) is 0 Å². The molecule has 0 atom stereocenters. The molecule has 0 amide bonds. The fourth-order valence-corrected chi connectivity index (χ4v) is 3.15. The van der Waals surface area contributed by atoms with Crippen LogP contribution in [0.1, 0.15) is 18.4 Å². The molecule has 0 bridgehead atoms. The van der Waals surface area contributed by atoms with Crippen LogP contribution in [-0.2, 0) is 16.6 Å². The Morgan fingerprint density at radius 2 is 1.86 bits per heavy atom. The molecule has 0 aliphatic carbocycles. The minimum absolute atomic E-state index is 0.500. The van der Waals surface area contributed by atoms with Crippen molar-refractivity contribution in [3.63, 3.8) is 0 Å². The Hall–Kier alpha value is -0.950. The lowest BCUT2D eigenvalue weighted by molar-refractivity contribution is 0.190. The number of nitrogens with one attached hydrogen (secondary N) is 1. The molecule has 1 aliphatic rings. The van der Waals surface area contributed by atoms with Crippen molar-refractivity contribution in [2.24, 2.45) is 0 Å². The highest BCUT2D eigenvalue weighted by molar-refractivity contribution is 7.88. The molecule has 124 valence electrons. The van der Waals surface area contributed by atoms with Crippen molar-refractivity contribution < 1.29 is 8.42 Å². The van der Waals surface area contributed by atoms with E-state index in [4.69, 9.17) is 0 Å². The molecule has 1 saturated heterocycles. The average Bonchev–Trinajstić information content (AvgIpc) is 2.49. The van der Waals surface area contributed by atoms with Gasteiger partial charge in [-0.15, -0.1) is 0 Å². The summed E-state index contributed by atoms with van der Waals surface area (Å²) in [5.74, 6) is 0. The number of benzene rings is 1. The first kappa shape index (κ1) is 17.4. The average molecular weight is 325 g/mol. The smallest absolute Gasteiger partial charge is 0.210 e. The lowest BCUT2D eigenvalue weighted by Gasteiger charge is -2.32. The van der Waals surface area contributed by atoms with Crippen molar-refractivity contribution in [1.29, 1.82) is 0 Å². The van der Waals surface area contributed by atoms with Gasteiger partial charge >= 0.3 is 0 Å². The number of rotatable bonds is 7. The summed E-state index contributed by atoms with van der Waals surface area (Å²) >= 11 is 0. The third kappa shape index (κ3) is 5.68. The third-order valence-electron chi connectivity index (χ3n) is 4.26. The minimum atomic E-state index is -3.06. The van der Waals surface area contributed by atoms with E-state index in [1.54, 1.807) is 7.05 Å². The molecule has 1 aliphatic heterocycles. The van der Waals surface area contributed by atoms with Crippen LogP contribution in [0.5, 0.6) is 0 Å². The van der Waals surface area contributed by atoms with E-state index in [0.717, 1.165) is 32.5 Å². The van der Waals surface area contributed by atoms with E-state index in [9.17, 15) is 8.42 Å². The van der Waals surface area contributed by atoms with Crippen LogP contribution < -0.4 is 5.32 Å². The quantitative estimate of drug-likeness (QED) is 0.817. The Kier molecular flexibility index (Phi) is 6.37. The summed E-state index contributed by atoms with van der Waals surface area (Å²) in [7, 11) is -1.44. The zero-order valence-electron chi connectivity index (χ0n) is 13.5. The minimum Gasteiger partial charge on any atom is -0.313 e. The molecule has 6 heteroatoms. The Morgan fingerprint density at radius 3 is 2.45 bits per heavy atom. The van der Waals surface area contributed by atoms with Gasteiger partial charge in [0, 0.05) is 32.7 Å². The highest BCUT2D eigenvalue weighted by atomic mass is 32.2. The summed E-state index contributed by atoms with van der Waals surface area (Å²) < 4.78 is 24.0. The number of likely N-dealkylation sites (tertiary alicyclic amines) is 1. The molecule has 22 heavy (non-hydrogen) atoms. The third-order valence-corrected chi connectivity index (χ3v) is 5.58.